The number of unbranched alkanes of at least 4 members (excludes halogenated alkanes) is 2. The molecule has 1 heterocycles. The second kappa shape index (κ2) is 15.2. The number of aliphatic imine (C=N–C) groups is 1. The van der Waals surface area contributed by atoms with Gasteiger partial charge in [-0.25, -0.2) is 4.79 Å². The van der Waals surface area contributed by atoms with E-state index in [0.717, 1.165) is 40.9 Å². The Morgan fingerprint density at radius 3 is 2.11 bits per heavy atom. The van der Waals surface area contributed by atoms with Gasteiger partial charge in [-0.2, -0.15) is 13.2 Å². The summed E-state index contributed by atoms with van der Waals surface area (Å²) >= 11 is 0. The zero-order valence-electron chi connectivity index (χ0n) is 24.9. The summed E-state index contributed by atoms with van der Waals surface area (Å²) in [7, 11) is 0. The van der Waals surface area contributed by atoms with Gasteiger partial charge in [-0.05, 0) is 48.1 Å². The van der Waals surface area contributed by atoms with Gasteiger partial charge in [0.1, 0.15) is 6.54 Å². The minimum atomic E-state index is -5.35. The van der Waals surface area contributed by atoms with Gasteiger partial charge in [-0.15, -0.1) is 0 Å². The van der Waals surface area contributed by atoms with Gasteiger partial charge in [-0.1, -0.05) is 73.2 Å². The largest absolute Gasteiger partial charge is 0.491 e. The van der Waals surface area contributed by atoms with Crippen LogP contribution in [-0.2, 0) is 25.5 Å². The zero-order chi connectivity index (χ0) is 33.3. The first-order valence-electron chi connectivity index (χ1n) is 14.7. The van der Waals surface area contributed by atoms with E-state index in [9.17, 15) is 32.3 Å². The molecule has 0 spiro atoms. The molecule has 0 aromatic heterocycles. The number of benzene rings is 3. The molecule has 0 radical (unpaired) electrons. The topological polar surface area (TPSA) is 148 Å². The number of hydrogen-bond donors (Lipinski definition) is 2. The summed E-state index contributed by atoms with van der Waals surface area (Å²) in [4.78, 5) is 57.9. The number of nitrogens with two attached hydrogens (primary N) is 2. The highest BCUT2D eigenvalue weighted by molar-refractivity contribution is 6.10. The van der Waals surface area contributed by atoms with Gasteiger partial charge in [0.2, 0.25) is 5.91 Å². The van der Waals surface area contributed by atoms with Gasteiger partial charge >= 0.3 is 18.1 Å². The Morgan fingerprint density at radius 1 is 0.891 bits per heavy atom. The Labute approximate surface area is 263 Å². The standard InChI is InChI=1S/C33H34F3N5O5/c34-33(35,36)31(45)46-28(43)17-19-40-21-27(42)41(29(23-11-5-1-6-12-23)24-13-7-2-8-14-24)26-16-15-22(20-25(26)30(40)44)10-4-3-9-18-39-32(37)38/h1-2,5-8,11-16,20,29H,3-4,9-10,17-19,21H2,(H4,37,38,39). The lowest BCUT2D eigenvalue weighted by molar-refractivity contribution is -0.201. The molecule has 13 heteroatoms. The molecule has 242 valence electrons. The van der Waals surface area contributed by atoms with Crippen LogP contribution >= 0.6 is 0 Å². The monoisotopic (exact) mass is 637 g/mol. The first-order valence-corrected chi connectivity index (χ1v) is 14.7. The van der Waals surface area contributed by atoms with Gasteiger partial charge in [0, 0.05) is 13.1 Å². The summed E-state index contributed by atoms with van der Waals surface area (Å²) in [5, 5.41) is 0. The lowest BCUT2D eigenvalue weighted by atomic mass is 9.95. The van der Waals surface area contributed by atoms with E-state index in [-0.39, 0.29) is 11.5 Å². The number of rotatable bonds is 12. The van der Waals surface area contributed by atoms with E-state index in [4.69, 9.17) is 11.5 Å². The molecule has 4 rings (SSSR count). The Balaban J connectivity index is 1.68. The summed E-state index contributed by atoms with van der Waals surface area (Å²) in [6.45, 7) is -0.420. The number of alkyl halides is 3. The lowest BCUT2D eigenvalue weighted by Gasteiger charge is -2.33. The number of esters is 2. The van der Waals surface area contributed by atoms with Crippen molar-refractivity contribution >= 4 is 35.4 Å². The average Bonchev–Trinajstić information content (AvgIpc) is 3.12. The first-order chi connectivity index (χ1) is 22.0. The van der Waals surface area contributed by atoms with Crippen molar-refractivity contribution in [2.24, 2.45) is 16.5 Å². The van der Waals surface area contributed by atoms with Crippen molar-refractivity contribution in [1.82, 2.24) is 4.90 Å². The lowest BCUT2D eigenvalue weighted by Crippen LogP contribution is -2.42. The molecular formula is C33H34F3N5O5. The number of nitrogens with zero attached hydrogens (tertiary/aromatic N) is 3. The fourth-order valence-corrected chi connectivity index (χ4v) is 5.23. The Kier molecular flexibility index (Phi) is 11.1. The maximum absolute atomic E-state index is 14.1. The normalized spacial score (nSPS) is 13.3. The molecule has 46 heavy (non-hydrogen) atoms. The van der Waals surface area contributed by atoms with Crippen LogP contribution in [0.15, 0.2) is 83.9 Å². The van der Waals surface area contributed by atoms with E-state index >= 15 is 0 Å². The number of ether oxygens (including phenoxy) is 1. The highest BCUT2D eigenvalue weighted by Gasteiger charge is 2.43. The molecule has 2 amide bonds. The molecule has 0 fully saturated rings. The fraction of sp³-hybridized carbons (Fsp3) is 0.303. The average molecular weight is 638 g/mol. The smallest absolute Gasteiger partial charge is 0.386 e. The number of halogens is 3. The summed E-state index contributed by atoms with van der Waals surface area (Å²) < 4.78 is 41.7. The minimum Gasteiger partial charge on any atom is -0.386 e. The molecule has 0 unspecified atom stereocenters. The summed E-state index contributed by atoms with van der Waals surface area (Å²) in [5.41, 5.74) is 13.7. The van der Waals surface area contributed by atoms with Crippen molar-refractivity contribution < 1.29 is 37.1 Å². The number of aryl methyl sites for hydroxylation is 1. The number of hydrogen-bond acceptors (Lipinski definition) is 6. The van der Waals surface area contributed by atoms with Crippen molar-refractivity contribution in [1.29, 1.82) is 0 Å². The number of anilines is 1. The number of amides is 2. The molecule has 0 aliphatic carbocycles. The van der Waals surface area contributed by atoms with E-state index in [1.165, 1.54) is 0 Å². The third-order valence-corrected chi connectivity index (χ3v) is 7.36. The van der Waals surface area contributed by atoms with E-state index in [0.29, 0.717) is 18.7 Å². The highest BCUT2D eigenvalue weighted by Crippen LogP contribution is 2.38. The predicted molar refractivity (Wildman–Crippen MR) is 165 cm³/mol. The van der Waals surface area contributed by atoms with Crippen molar-refractivity contribution in [3.8, 4) is 0 Å². The first kappa shape index (κ1) is 33.7. The quantitative estimate of drug-likeness (QED) is 0.0991. The van der Waals surface area contributed by atoms with Crippen LogP contribution in [0.2, 0.25) is 0 Å². The van der Waals surface area contributed by atoms with Crippen LogP contribution in [0.1, 0.15) is 58.8 Å². The molecule has 3 aromatic rings. The molecule has 10 nitrogen and oxygen atoms in total. The van der Waals surface area contributed by atoms with Crippen molar-refractivity contribution in [2.45, 2.75) is 44.3 Å². The molecule has 4 N–H and O–H groups in total. The van der Waals surface area contributed by atoms with Crippen LogP contribution in [-0.4, -0.2) is 60.4 Å². The summed E-state index contributed by atoms with van der Waals surface area (Å²) in [5.74, 6) is -5.15. The van der Waals surface area contributed by atoms with Crippen LogP contribution in [0, 0.1) is 0 Å². The molecule has 0 bridgehead atoms. The third kappa shape index (κ3) is 8.71. The van der Waals surface area contributed by atoms with Crippen molar-refractivity contribution in [2.75, 3.05) is 24.5 Å². The van der Waals surface area contributed by atoms with Gasteiger partial charge in [0.25, 0.3) is 5.91 Å². The molecular weight excluding hydrogens is 603 g/mol. The van der Waals surface area contributed by atoms with Gasteiger partial charge in [0.15, 0.2) is 5.96 Å². The third-order valence-electron chi connectivity index (χ3n) is 7.36. The highest BCUT2D eigenvalue weighted by atomic mass is 19.4. The van der Waals surface area contributed by atoms with Gasteiger partial charge in [0.05, 0.1) is 23.7 Å². The molecule has 0 saturated heterocycles. The van der Waals surface area contributed by atoms with E-state index in [1.807, 2.05) is 66.7 Å². The molecule has 3 aromatic carbocycles. The minimum absolute atomic E-state index is 0.0254. The Bertz CT molecular complexity index is 1540. The van der Waals surface area contributed by atoms with Crippen LogP contribution in [0.4, 0.5) is 18.9 Å². The second-order valence-corrected chi connectivity index (χ2v) is 10.7. The maximum Gasteiger partial charge on any atom is 0.491 e. The zero-order valence-corrected chi connectivity index (χ0v) is 24.9. The SMILES string of the molecule is NC(N)=NCCCCCc1ccc2c(c1)C(=O)N(CCC(=O)OC(=O)C(F)(F)F)CC(=O)N2C(c1ccccc1)c1ccccc1. The van der Waals surface area contributed by atoms with Crippen molar-refractivity contribution in [3.63, 3.8) is 0 Å². The van der Waals surface area contributed by atoms with Gasteiger partial charge < -0.3 is 21.1 Å². The second-order valence-electron chi connectivity index (χ2n) is 10.7. The molecule has 1 aliphatic heterocycles. The number of guanidine groups is 1. The van der Waals surface area contributed by atoms with E-state index in [1.54, 1.807) is 17.0 Å². The summed E-state index contributed by atoms with van der Waals surface area (Å²) in [6, 6.07) is 23.2. The van der Waals surface area contributed by atoms with Crippen molar-refractivity contribution in [3.05, 3.63) is 101 Å². The van der Waals surface area contributed by atoms with Crippen LogP contribution in [0.5, 0.6) is 0 Å². The summed E-state index contributed by atoms with van der Waals surface area (Å²) in [6.07, 6.45) is -3.11. The predicted octanol–water partition coefficient (Wildman–Crippen LogP) is 4.27. The number of carbonyl (C=O) groups excluding carboxylic acids is 4. The molecule has 1 aliphatic rings. The molecule has 0 atom stereocenters. The molecule has 0 saturated carbocycles. The Morgan fingerprint density at radius 2 is 1.52 bits per heavy atom. The maximum atomic E-state index is 14.1. The van der Waals surface area contributed by atoms with E-state index < -0.39 is 55.5 Å². The number of carbonyl (C=O) groups is 4. The van der Waals surface area contributed by atoms with Crippen LogP contribution in [0.25, 0.3) is 0 Å². The van der Waals surface area contributed by atoms with Gasteiger partial charge in [-0.3, -0.25) is 24.3 Å². The number of fused-ring (bicyclic) bond motifs is 1. The van der Waals surface area contributed by atoms with Crippen LogP contribution in [0.3, 0.4) is 0 Å². The van der Waals surface area contributed by atoms with Crippen LogP contribution < -0.4 is 16.4 Å². The Hall–Kier alpha value is -5.20. The van der Waals surface area contributed by atoms with E-state index in [2.05, 4.69) is 9.73 Å². The fourth-order valence-electron chi connectivity index (χ4n) is 5.23.